The molecule has 6 heteroatoms. The minimum Gasteiger partial charge on any atom is -0.348 e. The minimum atomic E-state index is -0.332. The average molecular weight is 313 g/mol. The second-order valence-corrected chi connectivity index (χ2v) is 5.46. The van der Waals surface area contributed by atoms with Crippen molar-refractivity contribution >= 4 is 17.2 Å². The molecule has 0 aliphatic heterocycles. The van der Waals surface area contributed by atoms with Gasteiger partial charge in [-0.25, -0.2) is 4.39 Å². The summed E-state index contributed by atoms with van der Waals surface area (Å²) in [6.07, 6.45) is 3.23. The molecule has 0 atom stereocenters. The third-order valence-corrected chi connectivity index (χ3v) is 3.90. The normalized spacial score (nSPS) is 10.4. The first-order valence-electron chi connectivity index (χ1n) is 6.60. The molecule has 0 aliphatic carbocycles. The third-order valence-electron chi connectivity index (χ3n) is 3.11. The number of rotatable bonds is 4. The minimum absolute atomic E-state index is 0.141. The van der Waals surface area contributed by atoms with Crippen LogP contribution in [-0.4, -0.2) is 15.9 Å². The van der Waals surface area contributed by atoms with E-state index in [2.05, 4.69) is 15.3 Å². The fraction of sp³-hybridized carbons (Fsp3) is 0.0625. The number of nitrogens with zero attached hydrogens (tertiary/aromatic N) is 2. The molecule has 110 valence electrons. The number of carbonyl (C=O) groups is 1. The van der Waals surface area contributed by atoms with Gasteiger partial charge >= 0.3 is 0 Å². The van der Waals surface area contributed by atoms with Gasteiger partial charge in [-0.2, -0.15) is 0 Å². The monoisotopic (exact) mass is 313 g/mol. The van der Waals surface area contributed by atoms with Gasteiger partial charge in [0.2, 0.25) is 0 Å². The van der Waals surface area contributed by atoms with Crippen molar-refractivity contribution in [2.24, 2.45) is 0 Å². The van der Waals surface area contributed by atoms with E-state index in [9.17, 15) is 9.18 Å². The molecule has 0 saturated carbocycles. The molecule has 0 spiro atoms. The van der Waals surface area contributed by atoms with Crippen LogP contribution in [0.15, 0.2) is 54.3 Å². The van der Waals surface area contributed by atoms with Gasteiger partial charge in [0, 0.05) is 24.5 Å². The van der Waals surface area contributed by atoms with Crippen LogP contribution in [0.4, 0.5) is 4.39 Å². The SMILES string of the molecule is O=C(NCc1ccccc1F)c1ccc(-c2cncs2)nc1. The molecular weight excluding hydrogens is 301 g/mol. The van der Waals surface area contributed by atoms with E-state index in [4.69, 9.17) is 0 Å². The van der Waals surface area contributed by atoms with Crippen molar-refractivity contribution in [3.05, 3.63) is 71.2 Å². The Morgan fingerprint density at radius 1 is 1.18 bits per heavy atom. The molecule has 0 unspecified atom stereocenters. The fourth-order valence-corrected chi connectivity index (χ4v) is 2.53. The summed E-state index contributed by atoms with van der Waals surface area (Å²) in [6, 6.07) is 9.82. The van der Waals surface area contributed by atoms with Gasteiger partial charge in [-0.05, 0) is 18.2 Å². The topological polar surface area (TPSA) is 54.9 Å². The van der Waals surface area contributed by atoms with Gasteiger partial charge in [-0.3, -0.25) is 14.8 Å². The standard InChI is InChI=1S/C16H12FN3OS/c17-13-4-2-1-3-11(13)7-20-16(21)12-5-6-14(19-8-12)15-9-18-10-22-15/h1-6,8-10H,7H2,(H,20,21). The first-order valence-corrected chi connectivity index (χ1v) is 7.48. The highest BCUT2D eigenvalue weighted by Gasteiger charge is 2.08. The van der Waals surface area contributed by atoms with E-state index in [1.54, 1.807) is 42.0 Å². The highest BCUT2D eigenvalue weighted by Crippen LogP contribution is 2.20. The van der Waals surface area contributed by atoms with Crippen molar-refractivity contribution in [3.8, 4) is 10.6 Å². The summed E-state index contributed by atoms with van der Waals surface area (Å²) < 4.78 is 13.5. The Labute approximate surface area is 130 Å². The zero-order valence-corrected chi connectivity index (χ0v) is 12.3. The zero-order chi connectivity index (χ0) is 15.4. The van der Waals surface area contributed by atoms with Crippen molar-refractivity contribution in [2.45, 2.75) is 6.54 Å². The molecule has 2 heterocycles. The molecular formula is C16H12FN3OS. The van der Waals surface area contributed by atoms with E-state index in [-0.39, 0.29) is 18.3 Å². The molecule has 0 radical (unpaired) electrons. The molecule has 0 aliphatic rings. The number of amides is 1. The van der Waals surface area contributed by atoms with Crippen molar-refractivity contribution < 1.29 is 9.18 Å². The summed E-state index contributed by atoms with van der Waals surface area (Å²) in [4.78, 5) is 21.2. The van der Waals surface area contributed by atoms with Crippen LogP contribution in [-0.2, 0) is 6.54 Å². The molecule has 3 aromatic rings. The Balaban J connectivity index is 1.67. The van der Waals surface area contributed by atoms with Gasteiger partial charge < -0.3 is 5.32 Å². The van der Waals surface area contributed by atoms with Gasteiger partial charge in [0.15, 0.2) is 0 Å². The van der Waals surface area contributed by atoms with Crippen LogP contribution in [0.1, 0.15) is 15.9 Å². The molecule has 0 fully saturated rings. The summed E-state index contributed by atoms with van der Waals surface area (Å²) >= 11 is 1.48. The van der Waals surface area contributed by atoms with Crippen molar-refractivity contribution in [1.29, 1.82) is 0 Å². The molecule has 0 bridgehead atoms. The number of thiazole rings is 1. The number of aromatic nitrogens is 2. The van der Waals surface area contributed by atoms with Crippen molar-refractivity contribution in [1.82, 2.24) is 15.3 Å². The highest BCUT2D eigenvalue weighted by molar-refractivity contribution is 7.13. The number of hydrogen-bond donors (Lipinski definition) is 1. The summed E-state index contributed by atoms with van der Waals surface area (Å²) in [5.41, 5.74) is 3.38. The van der Waals surface area contributed by atoms with Crippen LogP contribution >= 0.6 is 11.3 Å². The Kier molecular flexibility index (Phi) is 4.20. The van der Waals surface area contributed by atoms with Crippen LogP contribution in [0.25, 0.3) is 10.6 Å². The lowest BCUT2D eigenvalue weighted by Gasteiger charge is -2.06. The van der Waals surface area contributed by atoms with E-state index in [1.165, 1.54) is 23.6 Å². The van der Waals surface area contributed by atoms with Gasteiger partial charge in [0.1, 0.15) is 5.82 Å². The summed E-state index contributed by atoms with van der Waals surface area (Å²) in [5, 5.41) is 2.68. The van der Waals surface area contributed by atoms with Crippen molar-refractivity contribution in [2.75, 3.05) is 0 Å². The molecule has 4 nitrogen and oxygen atoms in total. The van der Waals surface area contributed by atoms with Gasteiger partial charge in [0.25, 0.3) is 5.91 Å². The first kappa shape index (κ1) is 14.3. The van der Waals surface area contributed by atoms with Gasteiger partial charge in [-0.1, -0.05) is 18.2 Å². The maximum Gasteiger partial charge on any atom is 0.253 e. The number of benzene rings is 1. The van der Waals surface area contributed by atoms with Crippen LogP contribution in [0.3, 0.4) is 0 Å². The van der Waals surface area contributed by atoms with Crippen LogP contribution < -0.4 is 5.32 Å². The highest BCUT2D eigenvalue weighted by atomic mass is 32.1. The molecule has 1 N–H and O–H groups in total. The number of pyridine rings is 1. The molecule has 22 heavy (non-hydrogen) atoms. The Morgan fingerprint density at radius 2 is 2.05 bits per heavy atom. The average Bonchev–Trinajstić information content (AvgIpc) is 3.08. The Bertz CT molecular complexity index is 772. The predicted molar refractivity (Wildman–Crippen MR) is 82.9 cm³/mol. The zero-order valence-electron chi connectivity index (χ0n) is 11.5. The lowest BCUT2D eigenvalue weighted by Crippen LogP contribution is -2.23. The number of halogens is 1. The van der Waals surface area contributed by atoms with Gasteiger partial charge in [0.05, 0.1) is 21.6 Å². The predicted octanol–water partition coefficient (Wildman–Crippen LogP) is 3.27. The number of nitrogens with one attached hydrogen (secondary N) is 1. The summed E-state index contributed by atoms with van der Waals surface area (Å²) in [6.45, 7) is 0.141. The van der Waals surface area contributed by atoms with Crippen LogP contribution in [0.5, 0.6) is 0 Å². The Morgan fingerprint density at radius 3 is 2.73 bits per heavy atom. The maximum atomic E-state index is 13.5. The van der Waals surface area contributed by atoms with Crippen LogP contribution in [0.2, 0.25) is 0 Å². The lowest BCUT2D eigenvalue weighted by atomic mass is 10.2. The first-order chi connectivity index (χ1) is 10.7. The quantitative estimate of drug-likeness (QED) is 0.804. The maximum absolute atomic E-state index is 13.5. The summed E-state index contributed by atoms with van der Waals surface area (Å²) in [7, 11) is 0. The molecule has 2 aromatic heterocycles. The van der Waals surface area contributed by atoms with E-state index in [1.807, 2.05) is 0 Å². The van der Waals surface area contributed by atoms with E-state index >= 15 is 0 Å². The second-order valence-electron chi connectivity index (χ2n) is 4.57. The van der Waals surface area contributed by atoms with Crippen LogP contribution in [0, 0.1) is 5.82 Å². The largest absolute Gasteiger partial charge is 0.348 e. The second kappa shape index (κ2) is 6.44. The molecule has 0 saturated heterocycles. The molecule has 1 aromatic carbocycles. The lowest BCUT2D eigenvalue weighted by molar-refractivity contribution is 0.0950. The molecule has 3 rings (SSSR count). The third kappa shape index (κ3) is 3.17. The van der Waals surface area contributed by atoms with E-state index in [0.29, 0.717) is 11.1 Å². The Hall–Kier alpha value is -2.60. The summed E-state index contributed by atoms with van der Waals surface area (Å²) in [5.74, 6) is -0.618. The van der Waals surface area contributed by atoms with Gasteiger partial charge in [-0.15, -0.1) is 11.3 Å². The number of hydrogen-bond acceptors (Lipinski definition) is 4. The van der Waals surface area contributed by atoms with E-state index in [0.717, 1.165) is 10.6 Å². The van der Waals surface area contributed by atoms with E-state index < -0.39 is 0 Å². The fourth-order valence-electron chi connectivity index (χ4n) is 1.94. The smallest absolute Gasteiger partial charge is 0.253 e. The van der Waals surface area contributed by atoms with Crippen molar-refractivity contribution in [3.63, 3.8) is 0 Å². The number of carbonyl (C=O) groups excluding carboxylic acids is 1. The molecule has 1 amide bonds.